The Morgan fingerprint density at radius 1 is 0.660 bits per heavy atom. The van der Waals surface area contributed by atoms with E-state index in [-0.39, 0.29) is 22.0 Å². The van der Waals surface area contributed by atoms with Crippen LogP contribution in [-0.4, -0.2) is 10.8 Å². The number of nitrogens with zero attached hydrogens (tertiary/aromatic N) is 1. The van der Waals surface area contributed by atoms with Crippen molar-refractivity contribution >= 4 is 28.1 Å². The van der Waals surface area contributed by atoms with Crippen molar-refractivity contribution in [2.75, 3.05) is 5.32 Å². The molecule has 1 aliphatic carbocycles. The van der Waals surface area contributed by atoms with Gasteiger partial charge in [-0.3, -0.25) is 4.79 Å². The number of aromatic nitrogens is 1. The molecule has 5 aromatic carbocycles. The van der Waals surface area contributed by atoms with Crippen molar-refractivity contribution < 1.29 is 9.53 Å². The first kappa shape index (κ1) is 33.3. The van der Waals surface area contributed by atoms with E-state index < -0.39 is 0 Å². The summed E-state index contributed by atoms with van der Waals surface area (Å²) in [5.41, 5.74) is 10.0. The first-order valence-electron chi connectivity index (χ1n) is 17.6. The van der Waals surface area contributed by atoms with Gasteiger partial charge in [0.2, 0.25) is 0 Å². The van der Waals surface area contributed by atoms with Crippen LogP contribution in [0.5, 0.6) is 11.5 Å². The predicted octanol–water partition coefficient (Wildman–Crippen LogP) is 12.7. The Kier molecular flexibility index (Phi) is 8.17. The summed E-state index contributed by atoms with van der Waals surface area (Å²) in [5.74, 6) is 1.27. The van der Waals surface area contributed by atoms with Crippen LogP contribution in [0.2, 0.25) is 0 Å². The molecule has 0 bridgehead atoms. The van der Waals surface area contributed by atoms with E-state index in [1.807, 2.05) is 72.8 Å². The van der Waals surface area contributed by atoms with Crippen molar-refractivity contribution in [1.82, 2.24) is 4.98 Å². The van der Waals surface area contributed by atoms with Crippen molar-refractivity contribution in [1.29, 1.82) is 0 Å². The highest BCUT2D eigenvalue weighted by Gasteiger charge is 2.32. The molecule has 1 heterocycles. The number of carbonyl (C=O) groups is 1. The fourth-order valence-electron chi connectivity index (χ4n) is 7.55. The molecule has 252 valence electrons. The lowest BCUT2D eigenvalue weighted by atomic mass is 9.72. The second-order valence-corrected chi connectivity index (χ2v) is 16.5. The number of hydrogen-bond acceptors (Lipinski definition) is 4. The van der Waals surface area contributed by atoms with Crippen LogP contribution in [0, 0.1) is 5.41 Å². The average molecular weight is 659 g/mol. The molecule has 1 N–H and O–H groups in total. The topological polar surface area (TPSA) is 51.2 Å². The van der Waals surface area contributed by atoms with Gasteiger partial charge in [-0.05, 0) is 75.3 Å². The highest BCUT2D eigenvalue weighted by molar-refractivity contribution is 6.29. The Bertz CT molecular complexity index is 2220. The fraction of sp³-hybridized carbons (Fsp3) is 0.261. The molecule has 0 radical (unpaired) electrons. The summed E-state index contributed by atoms with van der Waals surface area (Å²) in [6.07, 6.45) is 1.06. The van der Waals surface area contributed by atoms with Gasteiger partial charge in [-0.2, -0.15) is 0 Å². The Morgan fingerprint density at radius 2 is 1.28 bits per heavy atom. The van der Waals surface area contributed by atoms with E-state index in [0.717, 1.165) is 39.9 Å². The number of ether oxygens (including phenoxy) is 1. The maximum absolute atomic E-state index is 14.4. The zero-order valence-corrected chi connectivity index (χ0v) is 30.4. The van der Waals surface area contributed by atoms with Gasteiger partial charge in [-0.15, -0.1) is 0 Å². The van der Waals surface area contributed by atoms with Crippen molar-refractivity contribution in [2.45, 2.75) is 72.6 Å². The molecule has 0 fully saturated rings. The minimum atomic E-state index is -0.0300. The number of anilines is 2. The maximum atomic E-state index is 14.4. The molecule has 0 amide bonds. The zero-order valence-electron chi connectivity index (χ0n) is 30.4. The first-order chi connectivity index (χ1) is 23.7. The van der Waals surface area contributed by atoms with E-state index in [1.54, 1.807) is 0 Å². The van der Waals surface area contributed by atoms with Crippen molar-refractivity contribution in [3.63, 3.8) is 0 Å². The number of ketones is 1. The van der Waals surface area contributed by atoms with Crippen LogP contribution in [0.4, 0.5) is 11.4 Å². The zero-order chi connectivity index (χ0) is 35.4. The largest absolute Gasteiger partial charge is 0.455 e. The molecule has 0 atom stereocenters. The lowest BCUT2D eigenvalue weighted by Gasteiger charge is -2.33. The Labute approximate surface area is 296 Å². The van der Waals surface area contributed by atoms with Gasteiger partial charge in [0.15, 0.2) is 11.5 Å². The minimum absolute atomic E-state index is 0.0105. The van der Waals surface area contributed by atoms with Gasteiger partial charge in [-0.1, -0.05) is 134 Å². The highest BCUT2D eigenvalue weighted by atomic mass is 16.5. The Hall–Kier alpha value is -5.22. The van der Waals surface area contributed by atoms with Crippen LogP contribution >= 0.6 is 0 Å². The number of para-hydroxylation sites is 1. The smallest absolute Gasteiger partial charge is 0.196 e. The second-order valence-electron chi connectivity index (χ2n) is 16.5. The summed E-state index contributed by atoms with van der Waals surface area (Å²) in [6.45, 7) is 18.1. The molecule has 6 aromatic rings. The molecule has 0 aliphatic heterocycles. The molecule has 0 saturated carbocycles. The van der Waals surface area contributed by atoms with Gasteiger partial charge in [-0.25, -0.2) is 4.98 Å². The van der Waals surface area contributed by atoms with Crippen molar-refractivity contribution in [3.05, 3.63) is 138 Å². The number of nitrogens with one attached hydrogen (secondary N) is 1. The van der Waals surface area contributed by atoms with Crippen LogP contribution in [0.3, 0.4) is 0 Å². The number of rotatable bonds is 7. The van der Waals surface area contributed by atoms with Gasteiger partial charge in [0.25, 0.3) is 0 Å². The third kappa shape index (κ3) is 6.43. The number of benzene rings is 5. The van der Waals surface area contributed by atoms with Gasteiger partial charge >= 0.3 is 0 Å². The van der Waals surface area contributed by atoms with Gasteiger partial charge in [0.1, 0.15) is 11.3 Å². The molecule has 0 spiro atoms. The van der Waals surface area contributed by atoms with Crippen molar-refractivity contribution in [2.24, 2.45) is 5.41 Å². The summed E-state index contributed by atoms with van der Waals surface area (Å²) in [4.78, 5) is 19.7. The van der Waals surface area contributed by atoms with E-state index in [4.69, 9.17) is 9.72 Å². The predicted molar refractivity (Wildman–Crippen MR) is 208 cm³/mol. The first-order valence-corrected chi connectivity index (χ1v) is 17.6. The number of carbonyl (C=O) groups excluding carboxylic acids is 1. The highest BCUT2D eigenvalue weighted by Crippen LogP contribution is 2.48. The number of pyridine rings is 1. The average Bonchev–Trinajstić information content (AvgIpc) is 3.07. The van der Waals surface area contributed by atoms with Crippen molar-refractivity contribution in [3.8, 4) is 33.9 Å². The third-order valence-electron chi connectivity index (χ3n) is 9.67. The summed E-state index contributed by atoms with van der Waals surface area (Å²) in [6, 6.07) is 39.0. The minimum Gasteiger partial charge on any atom is -0.455 e. The molecule has 1 aliphatic rings. The van der Waals surface area contributed by atoms with Crippen LogP contribution in [0.1, 0.15) is 88.9 Å². The summed E-state index contributed by atoms with van der Waals surface area (Å²) in [5, 5.41) is 4.35. The van der Waals surface area contributed by atoms with Crippen LogP contribution < -0.4 is 10.1 Å². The lowest BCUT2D eigenvalue weighted by Crippen LogP contribution is -2.24. The molecule has 4 heteroatoms. The summed E-state index contributed by atoms with van der Waals surface area (Å²) >= 11 is 0. The van der Waals surface area contributed by atoms with E-state index in [2.05, 4.69) is 103 Å². The SMILES string of the molecule is CC(C)(C)CC(C)(C)c1ccc(Oc2cc(Nc3ccccc3)c3c4c(cc(-c5ccc(C(C)(C)C)cc5)nc24)-c2ccccc2C3=O)cc1. The van der Waals surface area contributed by atoms with E-state index in [1.165, 1.54) is 11.1 Å². The molecule has 7 rings (SSSR count). The number of fused-ring (bicyclic) bond motifs is 2. The van der Waals surface area contributed by atoms with Gasteiger partial charge in [0.05, 0.1) is 16.9 Å². The van der Waals surface area contributed by atoms with Gasteiger partial charge < -0.3 is 10.1 Å². The fourth-order valence-corrected chi connectivity index (χ4v) is 7.55. The molecular formula is C46H46N2O2. The molecule has 50 heavy (non-hydrogen) atoms. The molecule has 4 nitrogen and oxygen atoms in total. The second kappa shape index (κ2) is 12.3. The maximum Gasteiger partial charge on any atom is 0.196 e. The van der Waals surface area contributed by atoms with Gasteiger partial charge in [0, 0.05) is 28.3 Å². The molecular weight excluding hydrogens is 613 g/mol. The van der Waals surface area contributed by atoms with Crippen LogP contribution in [0.25, 0.3) is 33.3 Å². The van der Waals surface area contributed by atoms with Crippen LogP contribution in [0.15, 0.2) is 115 Å². The van der Waals surface area contributed by atoms with E-state index in [0.29, 0.717) is 33.8 Å². The van der Waals surface area contributed by atoms with E-state index in [9.17, 15) is 4.79 Å². The molecule has 0 saturated heterocycles. The Morgan fingerprint density at radius 3 is 1.92 bits per heavy atom. The number of hydrogen-bond donors (Lipinski definition) is 1. The quantitative estimate of drug-likeness (QED) is 0.185. The third-order valence-corrected chi connectivity index (χ3v) is 9.67. The normalized spacial score (nSPS) is 12.9. The summed E-state index contributed by atoms with van der Waals surface area (Å²) < 4.78 is 6.78. The van der Waals surface area contributed by atoms with Crippen LogP contribution in [-0.2, 0) is 10.8 Å². The monoisotopic (exact) mass is 658 g/mol. The molecule has 1 aromatic heterocycles. The lowest BCUT2D eigenvalue weighted by molar-refractivity contribution is 0.104. The summed E-state index contributed by atoms with van der Waals surface area (Å²) in [7, 11) is 0. The van der Waals surface area contributed by atoms with E-state index >= 15 is 0 Å². The molecule has 0 unspecified atom stereocenters. The standard InChI is InChI=1S/C46H46N2O2/c1-44(2,3)28-46(7,8)31-22-24-33(25-23-31)50-39-27-38(47-32-14-10-9-11-15-32)41-40-36(34-16-12-13-17-35(34)43(41)49)26-37(48-42(39)40)29-18-20-30(21-19-29)45(4,5)6/h9-27,47H,28H2,1-8H3. The Balaban J connectivity index is 1.43.